The summed E-state index contributed by atoms with van der Waals surface area (Å²) in [6.07, 6.45) is 1.69. The average molecular weight is 191 g/mol. The molecule has 1 rings (SSSR count). The van der Waals surface area contributed by atoms with Crippen LogP contribution in [0.1, 0.15) is 19.0 Å². The maximum Gasteiger partial charge on any atom is 0.512 e. The summed E-state index contributed by atoms with van der Waals surface area (Å²) in [6.45, 7) is -1.01. The molecule has 0 saturated carbocycles. The summed E-state index contributed by atoms with van der Waals surface area (Å²) in [7, 11) is 0. The average Bonchev–Trinajstić information content (AvgIpc) is 2.32. The lowest BCUT2D eigenvalue weighted by Gasteiger charge is -2.13. The van der Waals surface area contributed by atoms with Gasteiger partial charge in [0.05, 0.1) is 0 Å². The van der Waals surface area contributed by atoms with Crippen molar-refractivity contribution >= 4 is 12.4 Å². The molecule has 0 aliphatic heterocycles. The summed E-state index contributed by atoms with van der Waals surface area (Å²) in [5.74, 6) is 0. The molecule has 0 atom stereocenters. The van der Waals surface area contributed by atoms with E-state index < -0.39 is 12.4 Å². The van der Waals surface area contributed by atoms with Gasteiger partial charge in [0, 0.05) is 18.4 Å². The number of nitrogens with zero attached hydrogens (tertiary/aromatic N) is 2. The van der Waals surface area contributed by atoms with Crippen molar-refractivity contribution in [3.8, 4) is 0 Å². The van der Waals surface area contributed by atoms with Gasteiger partial charge < -0.3 is 12.9 Å². The van der Waals surface area contributed by atoms with E-state index in [1.165, 1.54) is 11.6 Å². The molecule has 6 heteroatoms. The Labute approximate surface area is 74.8 Å². The molecule has 0 radical (unpaired) electrons. The third-order valence-electron chi connectivity index (χ3n) is 1.93. The van der Waals surface area contributed by atoms with Crippen LogP contribution in [0.25, 0.3) is 0 Å². The highest BCUT2D eigenvalue weighted by Gasteiger charge is 2.29. The quantitative estimate of drug-likeness (QED) is 0.664. The van der Waals surface area contributed by atoms with Gasteiger partial charge in [-0.15, -0.1) is 0 Å². The Balaban J connectivity index is 2.99. The van der Waals surface area contributed by atoms with Crippen molar-refractivity contribution in [2.24, 2.45) is 0 Å². The van der Waals surface area contributed by atoms with E-state index in [2.05, 4.69) is 5.10 Å². The van der Waals surface area contributed by atoms with E-state index in [0.717, 1.165) is 12.6 Å². The van der Waals surface area contributed by atoms with Gasteiger partial charge in [-0.3, -0.25) is 4.68 Å². The molecule has 0 unspecified atom stereocenters. The van der Waals surface area contributed by atoms with Gasteiger partial charge in [-0.2, -0.15) is 5.10 Å². The number of rotatable bonds is 3. The van der Waals surface area contributed by atoms with E-state index >= 15 is 0 Å². The molecule has 0 aliphatic carbocycles. The molecule has 1 aromatic heterocycles. The zero-order valence-electron chi connectivity index (χ0n) is 7.60. The molecule has 74 valence electrons. The first kappa shape index (κ1) is 10.1. The van der Waals surface area contributed by atoms with Crippen LogP contribution in [0, 0.1) is 6.92 Å². The highest BCUT2D eigenvalue weighted by molar-refractivity contribution is 6.73. The van der Waals surface area contributed by atoms with Crippen molar-refractivity contribution in [1.82, 2.24) is 9.78 Å². The minimum absolute atomic E-state index is 0.217. The highest BCUT2D eigenvalue weighted by atomic mass is 19.4. The SMILES string of the molecule is CCCn1ncc([B-](F)(F)F)c1C. The number of aryl methyl sites for hydroxylation is 1. The zero-order chi connectivity index (χ0) is 10.1. The minimum atomic E-state index is -4.91. The Kier molecular flexibility index (Phi) is 2.68. The first-order chi connectivity index (χ1) is 5.96. The zero-order valence-corrected chi connectivity index (χ0v) is 7.60. The number of hydrogen-bond acceptors (Lipinski definition) is 1. The van der Waals surface area contributed by atoms with Crippen LogP contribution in [0.3, 0.4) is 0 Å². The van der Waals surface area contributed by atoms with E-state index in [1.807, 2.05) is 6.92 Å². The third kappa shape index (κ3) is 2.05. The van der Waals surface area contributed by atoms with Crippen molar-refractivity contribution in [1.29, 1.82) is 0 Å². The molecular formula is C7H11BF3N2-. The van der Waals surface area contributed by atoms with Gasteiger partial charge in [-0.05, 0) is 13.3 Å². The maximum atomic E-state index is 12.3. The molecule has 1 heterocycles. The Morgan fingerprint density at radius 2 is 2.08 bits per heavy atom. The number of hydrogen-bond donors (Lipinski definition) is 0. The molecule has 0 N–H and O–H groups in total. The van der Waals surface area contributed by atoms with E-state index in [0.29, 0.717) is 6.54 Å². The lowest BCUT2D eigenvalue weighted by Crippen LogP contribution is -2.35. The Bertz CT molecular complexity index is 292. The van der Waals surface area contributed by atoms with Crippen LogP contribution in [-0.4, -0.2) is 16.8 Å². The molecule has 0 saturated heterocycles. The molecule has 0 aromatic carbocycles. The molecule has 2 nitrogen and oxygen atoms in total. The van der Waals surface area contributed by atoms with Gasteiger partial charge in [0.15, 0.2) is 0 Å². The van der Waals surface area contributed by atoms with E-state index in [4.69, 9.17) is 0 Å². The van der Waals surface area contributed by atoms with Crippen molar-refractivity contribution in [3.05, 3.63) is 11.9 Å². The van der Waals surface area contributed by atoms with Crippen LogP contribution >= 0.6 is 0 Å². The molecule has 0 aliphatic rings. The molecule has 0 bridgehead atoms. The minimum Gasteiger partial charge on any atom is -0.445 e. The predicted molar refractivity (Wildman–Crippen MR) is 46.0 cm³/mol. The van der Waals surface area contributed by atoms with Crippen molar-refractivity contribution in [2.75, 3.05) is 0 Å². The van der Waals surface area contributed by atoms with Gasteiger partial charge in [0.1, 0.15) is 0 Å². The summed E-state index contributed by atoms with van der Waals surface area (Å²) < 4.78 is 38.3. The van der Waals surface area contributed by atoms with Crippen LogP contribution in [0.5, 0.6) is 0 Å². The summed E-state index contributed by atoms with van der Waals surface area (Å²) in [5, 5.41) is 3.68. The first-order valence-electron chi connectivity index (χ1n) is 4.19. The van der Waals surface area contributed by atoms with Crippen molar-refractivity contribution in [2.45, 2.75) is 26.8 Å². The van der Waals surface area contributed by atoms with Crippen LogP contribution < -0.4 is 5.46 Å². The van der Waals surface area contributed by atoms with E-state index in [1.54, 1.807) is 0 Å². The van der Waals surface area contributed by atoms with Crippen LogP contribution in [0.15, 0.2) is 6.20 Å². The molecule has 0 amide bonds. The summed E-state index contributed by atoms with van der Waals surface area (Å²) in [6, 6.07) is 0. The molecule has 1 aromatic rings. The lowest BCUT2D eigenvalue weighted by molar-refractivity contribution is 0.500. The fraction of sp³-hybridized carbons (Fsp3) is 0.571. The first-order valence-corrected chi connectivity index (χ1v) is 4.19. The standard InChI is InChI=1S/C7H11BF3N2/c1-3-4-13-6(2)7(5-12-13)8(9,10)11/h5H,3-4H2,1-2H3/q-1. The smallest absolute Gasteiger partial charge is 0.445 e. The second-order valence-corrected chi connectivity index (χ2v) is 2.98. The molecular weight excluding hydrogens is 180 g/mol. The molecule has 13 heavy (non-hydrogen) atoms. The Hall–Kier alpha value is -0.935. The van der Waals surface area contributed by atoms with Gasteiger partial charge in [-0.25, -0.2) is 0 Å². The Morgan fingerprint density at radius 3 is 2.46 bits per heavy atom. The monoisotopic (exact) mass is 191 g/mol. The fourth-order valence-electron chi connectivity index (χ4n) is 1.22. The van der Waals surface area contributed by atoms with Gasteiger partial charge >= 0.3 is 6.98 Å². The highest BCUT2D eigenvalue weighted by Crippen LogP contribution is 2.11. The van der Waals surface area contributed by atoms with Crippen molar-refractivity contribution in [3.63, 3.8) is 0 Å². The predicted octanol–water partition coefficient (Wildman–Crippen LogP) is 1.66. The van der Waals surface area contributed by atoms with Crippen LogP contribution in [-0.2, 0) is 6.54 Å². The summed E-state index contributed by atoms with van der Waals surface area (Å²) in [5.41, 5.74) is -0.359. The van der Waals surface area contributed by atoms with E-state index in [-0.39, 0.29) is 5.69 Å². The second-order valence-electron chi connectivity index (χ2n) is 2.98. The van der Waals surface area contributed by atoms with Gasteiger partial charge in [0.25, 0.3) is 0 Å². The van der Waals surface area contributed by atoms with Crippen LogP contribution in [0.2, 0.25) is 0 Å². The number of halogens is 3. The normalized spacial score (nSPS) is 12.1. The lowest BCUT2D eigenvalue weighted by atomic mass is 9.81. The van der Waals surface area contributed by atoms with Crippen molar-refractivity contribution < 1.29 is 12.9 Å². The third-order valence-corrected chi connectivity index (χ3v) is 1.93. The summed E-state index contributed by atoms with van der Waals surface area (Å²) >= 11 is 0. The topological polar surface area (TPSA) is 17.8 Å². The fourth-order valence-corrected chi connectivity index (χ4v) is 1.22. The van der Waals surface area contributed by atoms with Crippen LogP contribution in [0.4, 0.5) is 12.9 Å². The largest absolute Gasteiger partial charge is 0.512 e. The second kappa shape index (κ2) is 3.43. The van der Waals surface area contributed by atoms with E-state index in [9.17, 15) is 12.9 Å². The number of aromatic nitrogens is 2. The van der Waals surface area contributed by atoms with Gasteiger partial charge in [-0.1, -0.05) is 12.4 Å². The Morgan fingerprint density at radius 1 is 1.46 bits per heavy atom. The maximum absolute atomic E-state index is 12.3. The summed E-state index contributed by atoms with van der Waals surface area (Å²) in [4.78, 5) is 0. The van der Waals surface area contributed by atoms with Gasteiger partial charge in [0.2, 0.25) is 0 Å². The molecule has 0 fully saturated rings. The molecule has 0 spiro atoms.